The predicted octanol–water partition coefficient (Wildman–Crippen LogP) is 4.85. The summed E-state index contributed by atoms with van der Waals surface area (Å²) >= 11 is 5.94. The molecule has 0 aliphatic carbocycles. The van der Waals surface area contributed by atoms with Gasteiger partial charge >= 0.3 is 0 Å². The standard InChI is InChI=1S/C18H16ClN/c1-12-6-11-17(16-5-3-2-4-15(12)16)18(20)13-7-9-14(19)10-8-13/h2-11,18H,20H2,1H3. The zero-order valence-electron chi connectivity index (χ0n) is 11.3. The van der Waals surface area contributed by atoms with Gasteiger partial charge in [0.2, 0.25) is 0 Å². The average Bonchev–Trinajstić information content (AvgIpc) is 2.48. The molecule has 0 amide bonds. The molecule has 100 valence electrons. The minimum Gasteiger partial charge on any atom is -0.320 e. The Morgan fingerprint density at radius 2 is 1.50 bits per heavy atom. The van der Waals surface area contributed by atoms with Crippen LogP contribution in [-0.2, 0) is 0 Å². The minimum absolute atomic E-state index is 0.141. The van der Waals surface area contributed by atoms with Crippen LogP contribution in [0.15, 0.2) is 60.7 Å². The predicted molar refractivity (Wildman–Crippen MR) is 86.2 cm³/mol. The largest absolute Gasteiger partial charge is 0.320 e. The average molecular weight is 282 g/mol. The van der Waals surface area contributed by atoms with Crippen LogP contribution in [0.5, 0.6) is 0 Å². The molecule has 0 fully saturated rings. The highest BCUT2D eigenvalue weighted by atomic mass is 35.5. The molecule has 3 aromatic rings. The van der Waals surface area contributed by atoms with E-state index in [0.29, 0.717) is 0 Å². The van der Waals surface area contributed by atoms with Crippen molar-refractivity contribution in [1.29, 1.82) is 0 Å². The van der Waals surface area contributed by atoms with E-state index in [-0.39, 0.29) is 6.04 Å². The highest BCUT2D eigenvalue weighted by Crippen LogP contribution is 2.29. The molecule has 0 radical (unpaired) electrons. The fraction of sp³-hybridized carbons (Fsp3) is 0.111. The summed E-state index contributed by atoms with van der Waals surface area (Å²) in [6, 6.07) is 20.2. The number of fused-ring (bicyclic) bond motifs is 1. The van der Waals surface area contributed by atoms with Gasteiger partial charge in [0.25, 0.3) is 0 Å². The lowest BCUT2D eigenvalue weighted by Gasteiger charge is -2.16. The molecule has 3 rings (SSSR count). The molecule has 0 heterocycles. The molecule has 0 aliphatic rings. The first-order chi connectivity index (χ1) is 9.66. The summed E-state index contributed by atoms with van der Waals surface area (Å²) in [5.41, 5.74) is 9.93. The minimum atomic E-state index is -0.141. The van der Waals surface area contributed by atoms with Crippen LogP contribution in [0.2, 0.25) is 5.02 Å². The Morgan fingerprint density at radius 1 is 0.850 bits per heavy atom. The number of halogens is 1. The summed E-state index contributed by atoms with van der Waals surface area (Å²) in [4.78, 5) is 0. The van der Waals surface area contributed by atoms with E-state index < -0.39 is 0 Å². The molecule has 1 unspecified atom stereocenters. The van der Waals surface area contributed by atoms with Crippen LogP contribution in [0.3, 0.4) is 0 Å². The molecule has 1 atom stereocenters. The Kier molecular flexibility index (Phi) is 3.47. The van der Waals surface area contributed by atoms with E-state index in [1.165, 1.54) is 16.3 Å². The molecule has 0 saturated carbocycles. The third kappa shape index (κ3) is 2.31. The van der Waals surface area contributed by atoms with E-state index in [2.05, 4.69) is 43.3 Å². The van der Waals surface area contributed by atoms with Gasteiger partial charge in [0, 0.05) is 5.02 Å². The van der Waals surface area contributed by atoms with Crippen molar-refractivity contribution in [3.05, 3.63) is 82.4 Å². The van der Waals surface area contributed by atoms with E-state index >= 15 is 0 Å². The van der Waals surface area contributed by atoms with Crippen LogP contribution in [0.1, 0.15) is 22.7 Å². The Hall–Kier alpha value is -1.83. The molecule has 2 heteroatoms. The third-order valence-electron chi connectivity index (χ3n) is 3.74. The first-order valence-corrected chi connectivity index (χ1v) is 7.04. The summed E-state index contributed by atoms with van der Waals surface area (Å²) in [6.45, 7) is 2.12. The number of rotatable bonds is 2. The Balaban J connectivity index is 2.14. The molecule has 0 aromatic heterocycles. The van der Waals surface area contributed by atoms with Crippen molar-refractivity contribution < 1.29 is 0 Å². The Morgan fingerprint density at radius 3 is 2.20 bits per heavy atom. The summed E-state index contributed by atoms with van der Waals surface area (Å²) in [7, 11) is 0. The Bertz CT molecular complexity index is 747. The van der Waals surface area contributed by atoms with Crippen molar-refractivity contribution in [2.45, 2.75) is 13.0 Å². The zero-order valence-corrected chi connectivity index (χ0v) is 12.1. The van der Waals surface area contributed by atoms with Gasteiger partial charge < -0.3 is 5.73 Å². The van der Waals surface area contributed by atoms with E-state index in [9.17, 15) is 0 Å². The molecule has 0 saturated heterocycles. The number of hydrogen-bond donors (Lipinski definition) is 1. The maximum absolute atomic E-state index is 6.44. The van der Waals surface area contributed by atoms with Gasteiger partial charge in [-0.25, -0.2) is 0 Å². The van der Waals surface area contributed by atoms with Gasteiger partial charge in [-0.05, 0) is 46.5 Å². The first-order valence-electron chi connectivity index (χ1n) is 6.66. The summed E-state index contributed by atoms with van der Waals surface area (Å²) < 4.78 is 0. The second-order valence-corrected chi connectivity index (χ2v) is 5.48. The number of benzene rings is 3. The highest BCUT2D eigenvalue weighted by molar-refractivity contribution is 6.30. The van der Waals surface area contributed by atoms with Gasteiger partial charge in [-0.2, -0.15) is 0 Å². The molecule has 3 aromatic carbocycles. The summed E-state index contributed by atoms with van der Waals surface area (Å²) in [5.74, 6) is 0. The fourth-order valence-corrected chi connectivity index (χ4v) is 2.72. The smallest absolute Gasteiger partial charge is 0.0557 e. The third-order valence-corrected chi connectivity index (χ3v) is 3.99. The second-order valence-electron chi connectivity index (χ2n) is 5.05. The SMILES string of the molecule is Cc1ccc(C(N)c2ccc(Cl)cc2)c2ccccc12. The second kappa shape index (κ2) is 5.28. The van der Waals surface area contributed by atoms with Crippen molar-refractivity contribution in [3.63, 3.8) is 0 Å². The molecule has 20 heavy (non-hydrogen) atoms. The van der Waals surface area contributed by atoms with Crippen LogP contribution in [0, 0.1) is 6.92 Å². The van der Waals surface area contributed by atoms with Crippen LogP contribution in [0.4, 0.5) is 0 Å². The molecule has 0 spiro atoms. The maximum atomic E-state index is 6.44. The molecule has 0 aliphatic heterocycles. The summed E-state index contributed by atoms with van der Waals surface area (Å²) in [6.07, 6.45) is 0. The van der Waals surface area contributed by atoms with Gasteiger partial charge in [0.15, 0.2) is 0 Å². The van der Waals surface area contributed by atoms with Crippen molar-refractivity contribution in [2.75, 3.05) is 0 Å². The quantitative estimate of drug-likeness (QED) is 0.714. The van der Waals surface area contributed by atoms with Gasteiger partial charge in [0.1, 0.15) is 0 Å². The highest BCUT2D eigenvalue weighted by Gasteiger charge is 2.12. The lowest BCUT2D eigenvalue weighted by atomic mass is 9.92. The lowest BCUT2D eigenvalue weighted by Crippen LogP contribution is -2.12. The topological polar surface area (TPSA) is 26.0 Å². The molecule has 1 nitrogen and oxygen atoms in total. The van der Waals surface area contributed by atoms with Crippen LogP contribution in [0.25, 0.3) is 10.8 Å². The molecular formula is C18H16ClN. The first kappa shape index (κ1) is 13.2. The number of hydrogen-bond acceptors (Lipinski definition) is 1. The fourth-order valence-electron chi connectivity index (χ4n) is 2.59. The van der Waals surface area contributed by atoms with Crippen LogP contribution < -0.4 is 5.73 Å². The van der Waals surface area contributed by atoms with E-state index in [4.69, 9.17) is 17.3 Å². The zero-order chi connectivity index (χ0) is 14.1. The molecule has 2 N–H and O–H groups in total. The van der Waals surface area contributed by atoms with Crippen molar-refractivity contribution in [1.82, 2.24) is 0 Å². The van der Waals surface area contributed by atoms with Crippen molar-refractivity contribution in [3.8, 4) is 0 Å². The monoisotopic (exact) mass is 281 g/mol. The lowest BCUT2D eigenvalue weighted by molar-refractivity contribution is 0.880. The van der Waals surface area contributed by atoms with Gasteiger partial charge in [-0.15, -0.1) is 0 Å². The number of aryl methyl sites for hydroxylation is 1. The Labute approximate surface area is 124 Å². The summed E-state index contributed by atoms with van der Waals surface area (Å²) in [5, 5.41) is 3.21. The maximum Gasteiger partial charge on any atom is 0.0557 e. The van der Waals surface area contributed by atoms with Gasteiger partial charge in [0.05, 0.1) is 6.04 Å². The van der Waals surface area contributed by atoms with E-state index in [1.807, 2.05) is 24.3 Å². The van der Waals surface area contributed by atoms with Crippen molar-refractivity contribution in [2.24, 2.45) is 5.73 Å². The van der Waals surface area contributed by atoms with Gasteiger partial charge in [-0.3, -0.25) is 0 Å². The van der Waals surface area contributed by atoms with Crippen LogP contribution >= 0.6 is 11.6 Å². The van der Waals surface area contributed by atoms with E-state index in [1.54, 1.807) is 0 Å². The molecular weight excluding hydrogens is 266 g/mol. The van der Waals surface area contributed by atoms with Gasteiger partial charge in [-0.1, -0.05) is 60.1 Å². The van der Waals surface area contributed by atoms with Crippen molar-refractivity contribution >= 4 is 22.4 Å². The van der Waals surface area contributed by atoms with E-state index in [0.717, 1.165) is 16.1 Å². The number of nitrogens with two attached hydrogens (primary N) is 1. The molecule has 0 bridgehead atoms. The normalized spacial score (nSPS) is 12.6. The van der Waals surface area contributed by atoms with Crippen LogP contribution in [-0.4, -0.2) is 0 Å².